The highest BCUT2D eigenvalue weighted by Gasteiger charge is 2.10. The van der Waals surface area contributed by atoms with Gasteiger partial charge in [0.25, 0.3) is 0 Å². The van der Waals surface area contributed by atoms with Gasteiger partial charge in [-0.25, -0.2) is 0 Å². The molecule has 17 heavy (non-hydrogen) atoms. The highest BCUT2D eigenvalue weighted by atomic mass is 16.1. The van der Waals surface area contributed by atoms with Crippen LogP contribution < -0.4 is 5.32 Å². The Morgan fingerprint density at radius 1 is 1.29 bits per heavy atom. The zero-order chi connectivity index (χ0) is 13.3. The summed E-state index contributed by atoms with van der Waals surface area (Å²) >= 11 is 0. The molecule has 0 fully saturated rings. The van der Waals surface area contributed by atoms with Crippen LogP contribution >= 0.6 is 0 Å². The number of carbonyl (C=O) groups excluding carboxylic acids is 1. The molecule has 0 unspecified atom stereocenters. The molecule has 0 heterocycles. The van der Waals surface area contributed by atoms with Crippen molar-refractivity contribution in [2.24, 2.45) is 5.92 Å². The monoisotopic (exact) mass is 239 g/mol. The topological polar surface area (TPSA) is 56.1 Å². The molecule has 1 amide bonds. The second-order valence-electron chi connectivity index (χ2n) is 5.07. The Kier molecular flexibility index (Phi) is 8.43. The first-order valence-electron chi connectivity index (χ1n) is 6.34. The third kappa shape index (κ3) is 9.83. The Hall–Kier alpha value is -1.08. The molecule has 0 bridgehead atoms. The fourth-order valence-electron chi connectivity index (χ4n) is 1.67. The van der Waals surface area contributed by atoms with Crippen molar-refractivity contribution >= 4 is 5.91 Å². The van der Waals surface area contributed by atoms with Crippen LogP contribution in [0.1, 0.15) is 40.5 Å². The SMILES string of the molecule is CC(C)CN(CCC#N)CCC(=O)NC(C)C. The van der Waals surface area contributed by atoms with E-state index >= 15 is 0 Å². The van der Waals surface area contributed by atoms with Gasteiger partial charge in [-0.15, -0.1) is 0 Å². The molecule has 0 saturated heterocycles. The molecule has 0 atom stereocenters. The van der Waals surface area contributed by atoms with E-state index in [0.29, 0.717) is 18.8 Å². The third-order valence-corrected chi connectivity index (χ3v) is 2.27. The van der Waals surface area contributed by atoms with Crippen molar-refractivity contribution in [1.82, 2.24) is 10.2 Å². The van der Waals surface area contributed by atoms with Crippen LogP contribution in [0.4, 0.5) is 0 Å². The Morgan fingerprint density at radius 3 is 2.41 bits per heavy atom. The Morgan fingerprint density at radius 2 is 1.94 bits per heavy atom. The maximum absolute atomic E-state index is 11.5. The minimum atomic E-state index is 0.0886. The molecule has 4 nitrogen and oxygen atoms in total. The Balaban J connectivity index is 3.98. The molecular formula is C13H25N3O. The number of carbonyl (C=O) groups is 1. The van der Waals surface area contributed by atoms with E-state index in [9.17, 15) is 4.79 Å². The maximum atomic E-state index is 11.5. The van der Waals surface area contributed by atoms with E-state index in [4.69, 9.17) is 5.26 Å². The fourth-order valence-corrected chi connectivity index (χ4v) is 1.67. The van der Waals surface area contributed by atoms with Gasteiger partial charge in [0.15, 0.2) is 0 Å². The van der Waals surface area contributed by atoms with Gasteiger partial charge in [0.05, 0.1) is 6.07 Å². The number of nitrogens with one attached hydrogen (secondary N) is 1. The second kappa shape index (κ2) is 9.00. The molecule has 0 radical (unpaired) electrons. The minimum Gasteiger partial charge on any atom is -0.354 e. The fraction of sp³-hybridized carbons (Fsp3) is 0.846. The van der Waals surface area contributed by atoms with E-state index < -0.39 is 0 Å². The zero-order valence-corrected chi connectivity index (χ0v) is 11.5. The number of amides is 1. The Labute approximate surface area is 105 Å². The van der Waals surface area contributed by atoms with Gasteiger partial charge in [-0.3, -0.25) is 4.79 Å². The van der Waals surface area contributed by atoms with Crippen LogP contribution in [0.15, 0.2) is 0 Å². The molecule has 0 aliphatic rings. The molecule has 0 aliphatic heterocycles. The number of nitriles is 1. The van der Waals surface area contributed by atoms with Gasteiger partial charge in [0.2, 0.25) is 5.91 Å². The number of rotatable bonds is 8. The smallest absolute Gasteiger partial charge is 0.221 e. The van der Waals surface area contributed by atoms with E-state index in [1.54, 1.807) is 0 Å². The van der Waals surface area contributed by atoms with Crippen LogP contribution in [-0.4, -0.2) is 36.5 Å². The predicted molar refractivity (Wildman–Crippen MR) is 69.4 cm³/mol. The van der Waals surface area contributed by atoms with Crippen LogP contribution in [-0.2, 0) is 4.79 Å². The summed E-state index contributed by atoms with van der Waals surface area (Å²) in [4.78, 5) is 13.7. The van der Waals surface area contributed by atoms with Gasteiger partial charge in [-0.2, -0.15) is 5.26 Å². The molecule has 1 N–H and O–H groups in total. The van der Waals surface area contributed by atoms with Crippen molar-refractivity contribution in [3.05, 3.63) is 0 Å². The Bertz CT molecular complexity index is 256. The van der Waals surface area contributed by atoms with Crippen molar-refractivity contribution in [3.8, 4) is 6.07 Å². The van der Waals surface area contributed by atoms with E-state index in [1.165, 1.54) is 0 Å². The summed E-state index contributed by atoms with van der Waals surface area (Å²) < 4.78 is 0. The van der Waals surface area contributed by atoms with Gasteiger partial charge in [0.1, 0.15) is 0 Å². The van der Waals surface area contributed by atoms with Gasteiger partial charge < -0.3 is 10.2 Å². The molecular weight excluding hydrogens is 214 g/mol. The average molecular weight is 239 g/mol. The first-order chi connectivity index (χ1) is 7.95. The molecule has 0 aromatic heterocycles. The lowest BCUT2D eigenvalue weighted by Crippen LogP contribution is -2.35. The van der Waals surface area contributed by atoms with Crippen LogP contribution in [0.25, 0.3) is 0 Å². The standard InChI is InChI=1S/C13H25N3O/c1-11(2)10-16(8-5-7-14)9-6-13(17)15-12(3)4/h11-12H,5-6,8-10H2,1-4H3,(H,15,17). The third-order valence-electron chi connectivity index (χ3n) is 2.27. The lowest BCUT2D eigenvalue weighted by molar-refractivity contribution is -0.121. The summed E-state index contributed by atoms with van der Waals surface area (Å²) in [5.41, 5.74) is 0. The molecule has 0 aromatic carbocycles. The first-order valence-corrected chi connectivity index (χ1v) is 6.34. The largest absolute Gasteiger partial charge is 0.354 e. The summed E-state index contributed by atoms with van der Waals surface area (Å²) in [6.45, 7) is 10.6. The van der Waals surface area contributed by atoms with Crippen LogP contribution in [0.3, 0.4) is 0 Å². The van der Waals surface area contributed by atoms with Crippen molar-refractivity contribution in [1.29, 1.82) is 5.26 Å². The number of hydrogen-bond acceptors (Lipinski definition) is 3. The molecule has 98 valence electrons. The lowest BCUT2D eigenvalue weighted by Gasteiger charge is -2.23. The molecule has 0 aliphatic carbocycles. The summed E-state index contributed by atoms with van der Waals surface area (Å²) in [7, 11) is 0. The minimum absolute atomic E-state index is 0.0886. The van der Waals surface area contributed by atoms with Crippen molar-refractivity contribution in [2.45, 2.75) is 46.6 Å². The highest BCUT2D eigenvalue weighted by molar-refractivity contribution is 5.76. The van der Waals surface area contributed by atoms with E-state index in [1.807, 2.05) is 13.8 Å². The van der Waals surface area contributed by atoms with Gasteiger partial charge in [-0.1, -0.05) is 13.8 Å². The maximum Gasteiger partial charge on any atom is 0.221 e. The normalized spacial score (nSPS) is 10.9. The van der Waals surface area contributed by atoms with Gasteiger partial charge in [0, 0.05) is 38.5 Å². The molecule has 4 heteroatoms. The van der Waals surface area contributed by atoms with E-state index in [0.717, 1.165) is 19.6 Å². The quantitative estimate of drug-likeness (QED) is 0.702. The average Bonchev–Trinajstić information content (AvgIpc) is 2.20. The van der Waals surface area contributed by atoms with Crippen molar-refractivity contribution in [2.75, 3.05) is 19.6 Å². The summed E-state index contributed by atoms with van der Waals surface area (Å²) in [5.74, 6) is 0.646. The summed E-state index contributed by atoms with van der Waals surface area (Å²) in [5, 5.41) is 11.5. The van der Waals surface area contributed by atoms with Gasteiger partial charge in [-0.05, 0) is 19.8 Å². The number of hydrogen-bond donors (Lipinski definition) is 1. The van der Waals surface area contributed by atoms with Crippen molar-refractivity contribution < 1.29 is 4.79 Å². The van der Waals surface area contributed by atoms with E-state index in [2.05, 4.69) is 30.1 Å². The molecule has 0 saturated carbocycles. The lowest BCUT2D eigenvalue weighted by atomic mass is 10.2. The predicted octanol–water partition coefficient (Wildman–Crippen LogP) is 1.77. The van der Waals surface area contributed by atoms with Crippen LogP contribution in [0.5, 0.6) is 0 Å². The summed E-state index contributed by atoms with van der Waals surface area (Å²) in [6, 6.07) is 2.34. The van der Waals surface area contributed by atoms with Gasteiger partial charge >= 0.3 is 0 Å². The van der Waals surface area contributed by atoms with E-state index in [-0.39, 0.29) is 11.9 Å². The second-order valence-corrected chi connectivity index (χ2v) is 5.07. The highest BCUT2D eigenvalue weighted by Crippen LogP contribution is 2.01. The van der Waals surface area contributed by atoms with Crippen molar-refractivity contribution in [3.63, 3.8) is 0 Å². The number of nitrogens with zero attached hydrogens (tertiary/aromatic N) is 2. The molecule has 0 rings (SSSR count). The first kappa shape index (κ1) is 15.9. The molecule has 0 aromatic rings. The summed E-state index contributed by atoms with van der Waals surface area (Å²) in [6.07, 6.45) is 1.04. The van der Waals surface area contributed by atoms with Crippen LogP contribution in [0.2, 0.25) is 0 Å². The zero-order valence-electron chi connectivity index (χ0n) is 11.5. The molecule has 0 spiro atoms. The van der Waals surface area contributed by atoms with Crippen LogP contribution in [0, 0.1) is 17.2 Å².